The van der Waals surface area contributed by atoms with Gasteiger partial charge in [0.25, 0.3) is 0 Å². The van der Waals surface area contributed by atoms with Crippen molar-refractivity contribution in [1.29, 1.82) is 0 Å². The minimum absolute atomic E-state index is 0.387. The summed E-state index contributed by atoms with van der Waals surface area (Å²) in [5.74, 6) is 5.44. The molecular formula is C13H19NO2. The van der Waals surface area contributed by atoms with E-state index in [1.807, 2.05) is 0 Å². The molecule has 0 heterocycles. The Bertz CT molecular complexity index is 363. The van der Waals surface area contributed by atoms with Crippen molar-refractivity contribution < 1.29 is 9.94 Å². The van der Waals surface area contributed by atoms with E-state index in [2.05, 4.69) is 10.9 Å². The Hall–Kier alpha value is -1.06. The van der Waals surface area contributed by atoms with E-state index in [4.69, 9.17) is 5.90 Å². The lowest BCUT2D eigenvalue weighted by Crippen LogP contribution is -2.07. The van der Waals surface area contributed by atoms with Crippen LogP contribution in [0.25, 0.3) is 0 Å². The highest BCUT2D eigenvalue weighted by molar-refractivity contribution is 5.45. The zero-order valence-corrected chi connectivity index (χ0v) is 9.54. The lowest BCUT2D eigenvalue weighted by molar-refractivity contribution is 0.140. The Labute approximate surface area is 96.2 Å². The average Bonchev–Trinajstić information content (AvgIpc) is 2.53. The van der Waals surface area contributed by atoms with Crippen molar-refractivity contribution in [3.8, 4) is 5.75 Å². The zero-order chi connectivity index (χ0) is 11.4. The second-order valence-corrected chi connectivity index (χ2v) is 4.38. The van der Waals surface area contributed by atoms with E-state index in [1.165, 1.54) is 30.4 Å². The number of phenols is 1. The maximum Gasteiger partial charge on any atom is 0.119 e. The molecule has 2 rings (SSSR count). The SMILES string of the molecule is NOCCc1c(O)ccc2c1CCCCC2. The Kier molecular flexibility index (Phi) is 3.80. The van der Waals surface area contributed by atoms with Crippen LogP contribution in [0.3, 0.4) is 0 Å². The molecule has 0 atom stereocenters. The van der Waals surface area contributed by atoms with Crippen molar-refractivity contribution in [2.24, 2.45) is 5.90 Å². The lowest BCUT2D eigenvalue weighted by Gasteiger charge is -2.13. The molecule has 16 heavy (non-hydrogen) atoms. The van der Waals surface area contributed by atoms with Gasteiger partial charge in [-0.2, -0.15) is 0 Å². The first-order valence-corrected chi connectivity index (χ1v) is 5.97. The molecule has 0 fully saturated rings. The number of hydrogen-bond donors (Lipinski definition) is 2. The van der Waals surface area contributed by atoms with E-state index in [0.717, 1.165) is 18.4 Å². The van der Waals surface area contributed by atoms with Crippen LogP contribution >= 0.6 is 0 Å². The van der Waals surface area contributed by atoms with Crippen molar-refractivity contribution in [3.63, 3.8) is 0 Å². The fourth-order valence-corrected chi connectivity index (χ4v) is 2.51. The predicted octanol–water partition coefficient (Wildman–Crippen LogP) is 2.09. The van der Waals surface area contributed by atoms with E-state index in [-0.39, 0.29) is 0 Å². The third kappa shape index (κ3) is 2.36. The number of rotatable bonds is 3. The fourth-order valence-electron chi connectivity index (χ4n) is 2.51. The Morgan fingerprint density at radius 1 is 1.19 bits per heavy atom. The summed E-state index contributed by atoms with van der Waals surface area (Å²) in [6.07, 6.45) is 6.65. The van der Waals surface area contributed by atoms with Crippen LogP contribution in [0, 0.1) is 0 Å². The maximum atomic E-state index is 9.89. The van der Waals surface area contributed by atoms with Gasteiger partial charge in [0.05, 0.1) is 6.61 Å². The molecule has 3 heteroatoms. The molecule has 0 saturated carbocycles. The van der Waals surface area contributed by atoms with Crippen molar-refractivity contribution >= 4 is 0 Å². The molecule has 0 saturated heterocycles. The molecule has 0 radical (unpaired) electrons. The Balaban J connectivity index is 2.32. The van der Waals surface area contributed by atoms with Gasteiger partial charge in [-0.3, -0.25) is 0 Å². The van der Waals surface area contributed by atoms with Gasteiger partial charge in [0.15, 0.2) is 0 Å². The number of aromatic hydroxyl groups is 1. The first kappa shape index (κ1) is 11.4. The second-order valence-electron chi connectivity index (χ2n) is 4.38. The highest BCUT2D eigenvalue weighted by Gasteiger charge is 2.14. The van der Waals surface area contributed by atoms with Crippen molar-refractivity contribution in [2.45, 2.75) is 38.5 Å². The molecule has 0 spiro atoms. The van der Waals surface area contributed by atoms with Crippen LogP contribution in [0.4, 0.5) is 0 Å². The van der Waals surface area contributed by atoms with Crippen LogP contribution in [-0.4, -0.2) is 11.7 Å². The van der Waals surface area contributed by atoms with Crippen LogP contribution in [0.2, 0.25) is 0 Å². The number of benzene rings is 1. The zero-order valence-electron chi connectivity index (χ0n) is 9.54. The summed E-state index contributed by atoms with van der Waals surface area (Å²) in [7, 11) is 0. The van der Waals surface area contributed by atoms with Crippen LogP contribution in [0.15, 0.2) is 12.1 Å². The summed E-state index contributed by atoms with van der Waals surface area (Å²) in [6, 6.07) is 3.86. The summed E-state index contributed by atoms with van der Waals surface area (Å²) in [5, 5.41) is 9.89. The van der Waals surface area contributed by atoms with Crippen molar-refractivity contribution in [3.05, 3.63) is 28.8 Å². The molecule has 0 aliphatic heterocycles. The van der Waals surface area contributed by atoms with Crippen LogP contribution in [-0.2, 0) is 24.1 Å². The van der Waals surface area contributed by atoms with Crippen LogP contribution in [0.5, 0.6) is 5.75 Å². The van der Waals surface area contributed by atoms with Crippen LogP contribution in [0.1, 0.15) is 36.0 Å². The third-order valence-corrected chi connectivity index (χ3v) is 3.35. The third-order valence-electron chi connectivity index (χ3n) is 3.35. The molecule has 0 bridgehead atoms. The smallest absolute Gasteiger partial charge is 0.119 e. The lowest BCUT2D eigenvalue weighted by atomic mass is 9.94. The number of fused-ring (bicyclic) bond motifs is 1. The second kappa shape index (κ2) is 5.32. The summed E-state index contributed by atoms with van der Waals surface area (Å²) in [5.41, 5.74) is 3.75. The van der Waals surface area contributed by atoms with E-state index < -0.39 is 0 Å². The molecule has 88 valence electrons. The Morgan fingerprint density at radius 3 is 2.81 bits per heavy atom. The fraction of sp³-hybridized carbons (Fsp3) is 0.538. The normalized spacial score (nSPS) is 15.6. The molecule has 1 aromatic rings. The molecule has 3 nitrogen and oxygen atoms in total. The van der Waals surface area contributed by atoms with Gasteiger partial charge in [0, 0.05) is 6.42 Å². The summed E-state index contributed by atoms with van der Waals surface area (Å²) in [4.78, 5) is 4.61. The summed E-state index contributed by atoms with van der Waals surface area (Å²) in [6.45, 7) is 0.462. The standard InChI is InChI=1S/C13H19NO2/c14-16-9-8-12-11-5-3-1-2-4-10(11)6-7-13(12)15/h6-7,15H,1-5,8-9,14H2. The number of hydrogen-bond acceptors (Lipinski definition) is 3. The number of nitrogens with two attached hydrogens (primary N) is 1. The Morgan fingerprint density at radius 2 is 2.00 bits per heavy atom. The van der Waals surface area contributed by atoms with E-state index in [9.17, 15) is 5.11 Å². The minimum atomic E-state index is 0.387. The predicted molar refractivity (Wildman–Crippen MR) is 63.2 cm³/mol. The number of aryl methyl sites for hydroxylation is 1. The molecule has 0 unspecified atom stereocenters. The quantitative estimate of drug-likeness (QED) is 0.607. The molecular weight excluding hydrogens is 202 g/mol. The van der Waals surface area contributed by atoms with Crippen LogP contribution < -0.4 is 5.90 Å². The molecule has 3 N–H and O–H groups in total. The van der Waals surface area contributed by atoms with Crippen molar-refractivity contribution in [2.75, 3.05) is 6.61 Å². The maximum absolute atomic E-state index is 9.89. The summed E-state index contributed by atoms with van der Waals surface area (Å²) >= 11 is 0. The van der Waals surface area contributed by atoms with Crippen molar-refractivity contribution in [1.82, 2.24) is 0 Å². The average molecular weight is 221 g/mol. The van der Waals surface area contributed by atoms with E-state index in [0.29, 0.717) is 18.8 Å². The first-order valence-electron chi connectivity index (χ1n) is 5.97. The molecule has 0 aromatic heterocycles. The molecule has 0 amide bonds. The number of phenolic OH excluding ortho intramolecular Hbond substituents is 1. The van der Waals surface area contributed by atoms with Gasteiger partial charge < -0.3 is 9.94 Å². The molecule has 1 aliphatic rings. The summed E-state index contributed by atoms with van der Waals surface area (Å²) < 4.78 is 0. The van der Waals surface area contributed by atoms with Gasteiger partial charge in [0.1, 0.15) is 5.75 Å². The van der Waals surface area contributed by atoms with E-state index in [1.54, 1.807) is 6.07 Å². The molecule has 1 aliphatic carbocycles. The van der Waals surface area contributed by atoms with Gasteiger partial charge in [-0.05, 0) is 48.4 Å². The van der Waals surface area contributed by atoms with Gasteiger partial charge >= 0.3 is 0 Å². The van der Waals surface area contributed by atoms with Gasteiger partial charge in [0.2, 0.25) is 0 Å². The first-order chi connectivity index (χ1) is 7.83. The topological polar surface area (TPSA) is 55.5 Å². The molecule has 1 aromatic carbocycles. The van der Waals surface area contributed by atoms with Gasteiger partial charge in [-0.15, -0.1) is 0 Å². The van der Waals surface area contributed by atoms with Gasteiger partial charge in [-0.25, -0.2) is 5.90 Å². The monoisotopic (exact) mass is 221 g/mol. The minimum Gasteiger partial charge on any atom is -0.508 e. The van der Waals surface area contributed by atoms with Gasteiger partial charge in [-0.1, -0.05) is 12.5 Å². The highest BCUT2D eigenvalue weighted by atomic mass is 16.6. The van der Waals surface area contributed by atoms with E-state index >= 15 is 0 Å². The largest absolute Gasteiger partial charge is 0.508 e. The highest BCUT2D eigenvalue weighted by Crippen LogP contribution is 2.30.